The maximum absolute atomic E-state index is 9.05. The number of nitrogens with one attached hydrogen (secondary N) is 1. The Labute approximate surface area is 89.5 Å². The van der Waals surface area contributed by atoms with Crippen LogP contribution in [0.4, 0.5) is 5.13 Å². The predicted octanol–water partition coefficient (Wildman–Crippen LogP) is 1.73. The van der Waals surface area contributed by atoms with Crippen LogP contribution in [0, 0.1) is 5.92 Å². The number of aromatic nitrogens is 2. The Balaban J connectivity index is 2.56. The number of rotatable bonds is 4. The Hall–Kier alpha value is -0.200. The molecular formula is C7H12BrN3OS. The van der Waals surface area contributed by atoms with Crippen LogP contribution in [0.3, 0.4) is 0 Å². The molecule has 13 heavy (non-hydrogen) atoms. The number of halogens is 1. The summed E-state index contributed by atoms with van der Waals surface area (Å²) in [6.07, 6.45) is 0. The van der Waals surface area contributed by atoms with E-state index in [9.17, 15) is 0 Å². The molecule has 0 radical (unpaired) electrons. The molecule has 0 aliphatic carbocycles. The van der Waals surface area contributed by atoms with Gasteiger partial charge in [-0.1, -0.05) is 25.2 Å². The second-order valence-electron chi connectivity index (χ2n) is 3.04. The standard InChI is InChI=1S/C7H12BrN3OS/c1-4(2)5(3-12)9-7-11-10-6(8)13-7/h4-5,12H,3H2,1-2H3,(H,9,11). The number of nitrogens with zero attached hydrogens (tertiary/aromatic N) is 2. The summed E-state index contributed by atoms with van der Waals surface area (Å²) >= 11 is 4.64. The van der Waals surface area contributed by atoms with E-state index in [0.717, 1.165) is 9.05 Å². The van der Waals surface area contributed by atoms with Crippen LogP contribution < -0.4 is 5.32 Å². The van der Waals surface area contributed by atoms with E-state index in [1.54, 1.807) is 0 Å². The molecule has 0 bridgehead atoms. The summed E-state index contributed by atoms with van der Waals surface area (Å²) in [6, 6.07) is 0.0415. The van der Waals surface area contributed by atoms with Crippen molar-refractivity contribution >= 4 is 32.4 Å². The molecule has 4 nitrogen and oxygen atoms in total. The predicted molar refractivity (Wildman–Crippen MR) is 56.9 cm³/mol. The van der Waals surface area contributed by atoms with Gasteiger partial charge in [0, 0.05) is 0 Å². The average Bonchev–Trinajstić information content (AvgIpc) is 2.46. The van der Waals surface area contributed by atoms with Crippen molar-refractivity contribution in [3.63, 3.8) is 0 Å². The third kappa shape index (κ3) is 3.21. The van der Waals surface area contributed by atoms with Gasteiger partial charge in [0.2, 0.25) is 5.13 Å². The topological polar surface area (TPSA) is 58.0 Å². The highest BCUT2D eigenvalue weighted by atomic mass is 79.9. The zero-order chi connectivity index (χ0) is 9.84. The maximum Gasteiger partial charge on any atom is 0.206 e. The summed E-state index contributed by atoms with van der Waals surface area (Å²) in [7, 11) is 0. The summed E-state index contributed by atoms with van der Waals surface area (Å²) in [6.45, 7) is 4.20. The van der Waals surface area contributed by atoms with Crippen molar-refractivity contribution in [2.24, 2.45) is 5.92 Å². The number of aliphatic hydroxyl groups excluding tert-OH is 1. The minimum atomic E-state index is 0.0415. The van der Waals surface area contributed by atoms with Crippen LogP contribution >= 0.6 is 27.3 Å². The van der Waals surface area contributed by atoms with Gasteiger partial charge >= 0.3 is 0 Å². The first-order valence-electron chi connectivity index (χ1n) is 4.00. The van der Waals surface area contributed by atoms with E-state index in [1.807, 2.05) is 13.8 Å². The van der Waals surface area contributed by atoms with Crippen molar-refractivity contribution in [1.82, 2.24) is 10.2 Å². The third-order valence-corrected chi connectivity index (χ3v) is 3.00. The van der Waals surface area contributed by atoms with E-state index >= 15 is 0 Å². The molecule has 1 atom stereocenters. The Kier molecular flexibility index (Phi) is 4.08. The molecule has 1 aromatic rings. The Bertz CT molecular complexity index is 266. The van der Waals surface area contributed by atoms with Crippen LogP contribution in [-0.2, 0) is 0 Å². The van der Waals surface area contributed by atoms with Crippen LogP contribution in [-0.4, -0.2) is 28.0 Å². The SMILES string of the molecule is CC(C)C(CO)Nc1nnc(Br)s1. The summed E-state index contributed by atoms with van der Waals surface area (Å²) in [5.41, 5.74) is 0. The maximum atomic E-state index is 9.05. The summed E-state index contributed by atoms with van der Waals surface area (Å²) < 4.78 is 0.746. The van der Waals surface area contributed by atoms with E-state index in [0.29, 0.717) is 5.92 Å². The normalized spacial score (nSPS) is 13.3. The zero-order valence-corrected chi connectivity index (χ0v) is 9.89. The van der Waals surface area contributed by atoms with Crippen LogP contribution in [0.15, 0.2) is 3.92 Å². The van der Waals surface area contributed by atoms with Gasteiger partial charge in [0.05, 0.1) is 12.6 Å². The fraction of sp³-hybridized carbons (Fsp3) is 0.714. The van der Waals surface area contributed by atoms with Crippen molar-refractivity contribution in [2.75, 3.05) is 11.9 Å². The lowest BCUT2D eigenvalue weighted by Gasteiger charge is -2.18. The van der Waals surface area contributed by atoms with Crippen molar-refractivity contribution in [1.29, 1.82) is 0 Å². The molecule has 0 spiro atoms. The molecule has 6 heteroatoms. The lowest BCUT2D eigenvalue weighted by atomic mass is 10.1. The van der Waals surface area contributed by atoms with Gasteiger partial charge in [0.15, 0.2) is 3.92 Å². The quantitative estimate of drug-likeness (QED) is 0.871. The van der Waals surface area contributed by atoms with Crippen molar-refractivity contribution < 1.29 is 5.11 Å². The second-order valence-corrected chi connectivity index (χ2v) is 5.29. The van der Waals surface area contributed by atoms with E-state index in [2.05, 4.69) is 31.4 Å². The smallest absolute Gasteiger partial charge is 0.206 e. The van der Waals surface area contributed by atoms with Gasteiger partial charge in [0.25, 0.3) is 0 Å². The summed E-state index contributed by atoms with van der Waals surface area (Å²) in [4.78, 5) is 0. The molecular weight excluding hydrogens is 254 g/mol. The van der Waals surface area contributed by atoms with E-state index < -0.39 is 0 Å². The second kappa shape index (κ2) is 4.88. The molecule has 0 saturated heterocycles. The molecule has 74 valence electrons. The van der Waals surface area contributed by atoms with Crippen LogP contribution in [0.25, 0.3) is 0 Å². The van der Waals surface area contributed by atoms with Gasteiger partial charge in [-0.2, -0.15) is 0 Å². The first-order valence-corrected chi connectivity index (χ1v) is 5.61. The van der Waals surface area contributed by atoms with Gasteiger partial charge in [-0.3, -0.25) is 0 Å². The average molecular weight is 266 g/mol. The third-order valence-electron chi connectivity index (χ3n) is 1.71. The lowest BCUT2D eigenvalue weighted by Crippen LogP contribution is -2.29. The molecule has 1 unspecified atom stereocenters. The largest absolute Gasteiger partial charge is 0.394 e. The number of hydrogen-bond donors (Lipinski definition) is 2. The molecule has 0 saturated carbocycles. The fourth-order valence-electron chi connectivity index (χ4n) is 0.845. The van der Waals surface area contributed by atoms with E-state index in [1.165, 1.54) is 11.3 Å². The number of aliphatic hydroxyl groups is 1. The zero-order valence-electron chi connectivity index (χ0n) is 7.49. The monoisotopic (exact) mass is 265 g/mol. The Morgan fingerprint density at radius 1 is 1.54 bits per heavy atom. The minimum Gasteiger partial charge on any atom is -0.394 e. The molecule has 1 heterocycles. The molecule has 2 N–H and O–H groups in total. The highest BCUT2D eigenvalue weighted by molar-refractivity contribution is 9.11. The fourth-order valence-corrected chi connectivity index (χ4v) is 1.92. The van der Waals surface area contributed by atoms with Gasteiger partial charge in [0.1, 0.15) is 0 Å². The molecule has 0 aromatic carbocycles. The van der Waals surface area contributed by atoms with Crippen molar-refractivity contribution in [2.45, 2.75) is 19.9 Å². The van der Waals surface area contributed by atoms with E-state index in [4.69, 9.17) is 5.11 Å². The summed E-state index contributed by atoms with van der Waals surface area (Å²) in [5, 5.41) is 20.6. The van der Waals surface area contributed by atoms with Gasteiger partial charge < -0.3 is 10.4 Å². The first kappa shape index (κ1) is 10.9. The van der Waals surface area contributed by atoms with Gasteiger partial charge in [-0.25, -0.2) is 0 Å². The van der Waals surface area contributed by atoms with E-state index in [-0.39, 0.29) is 12.6 Å². The van der Waals surface area contributed by atoms with Gasteiger partial charge in [-0.05, 0) is 21.8 Å². The first-order chi connectivity index (χ1) is 6.13. The lowest BCUT2D eigenvalue weighted by molar-refractivity contribution is 0.249. The van der Waals surface area contributed by atoms with Crippen LogP contribution in [0.5, 0.6) is 0 Å². The number of anilines is 1. The summed E-state index contributed by atoms with van der Waals surface area (Å²) in [5.74, 6) is 0.368. The highest BCUT2D eigenvalue weighted by Crippen LogP contribution is 2.21. The molecule has 1 rings (SSSR count). The molecule has 0 aliphatic rings. The van der Waals surface area contributed by atoms with Crippen molar-refractivity contribution in [3.05, 3.63) is 3.92 Å². The minimum absolute atomic E-state index is 0.0415. The van der Waals surface area contributed by atoms with Crippen molar-refractivity contribution in [3.8, 4) is 0 Å². The molecule has 0 aliphatic heterocycles. The Morgan fingerprint density at radius 3 is 2.62 bits per heavy atom. The molecule has 1 aromatic heterocycles. The Morgan fingerprint density at radius 2 is 2.23 bits per heavy atom. The van der Waals surface area contributed by atoms with Crippen LogP contribution in [0.2, 0.25) is 0 Å². The highest BCUT2D eigenvalue weighted by Gasteiger charge is 2.13. The molecule has 0 amide bonds. The molecule has 0 fully saturated rings. The van der Waals surface area contributed by atoms with Gasteiger partial charge in [-0.15, -0.1) is 10.2 Å². The van der Waals surface area contributed by atoms with Crippen LogP contribution in [0.1, 0.15) is 13.8 Å². The number of hydrogen-bond acceptors (Lipinski definition) is 5.